The monoisotopic (exact) mass is 357 g/mol. The summed E-state index contributed by atoms with van der Waals surface area (Å²) in [6.45, 7) is -2.34. The molecule has 0 unspecified atom stereocenters. The second-order valence-electron chi connectivity index (χ2n) is 5.15. The summed E-state index contributed by atoms with van der Waals surface area (Å²) < 4.78 is 41.6. The molecule has 1 amide bonds. The maximum absolute atomic E-state index is 12.0. The number of halogens is 3. The van der Waals surface area contributed by atoms with E-state index in [0.717, 1.165) is 4.68 Å². The van der Waals surface area contributed by atoms with Gasteiger partial charge < -0.3 is 10.1 Å². The van der Waals surface area contributed by atoms with Crippen molar-refractivity contribution in [2.24, 2.45) is 7.05 Å². The van der Waals surface area contributed by atoms with Crippen molar-refractivity contribution in [2.45, 2.75) is 12.6 Å². The van der Waals surface area contributed by atoms with Crippen molar-refractivity contribution in [3.05, 3.63) is 40.3 Å². The van der Waals surface area contributed by atoms with Crippen LogP contribution in [0.25, 0.3) is 10.8 Å². The number of amides is 1. The van der Waals surface area contributed by atoms with Crippen LogP contribution in [0.3, 0.4) is 0 Å². The zero-order chi connectivity index (χ0) is 18.6. The van der Waals surface area contributed by atoms with E-state index < -0.39 is 31.2 Å². The van der Waals surface area contributed by atoms with E-state index in [2.05, 4.69) is 9.84 Å². The summed E-state index contributed by atoms with van der Waals surface area (Å²) in [4.78, 5) is 35.0. The Hall–Kier alpha value is -2.91. The highest BCUT2D eigenvalue weighted by Crippen LogP contribution is 2.14. The van der Waals surface area contributed by atoms with Crippen LogP contribution in [-0.2, 0) is 27.8 Å². The van der Waals surface area contributed by atoms with Crippen molar-refractivity contribution in [2.75, 3.05) is 13.2 Å². The van der Waals surface area contributed by atoms with Crippen LogP contribution in [-0.4, -0.2) is 41.0 Å². The minimum atomic E-state index is -4.54. The van der Waals surface area contributed by atoms with Gasteiger partial charge in [0, 0.05) is 12.4 Å². The summed E-state index contributed by atoms with van der Waals surface area (Å²) in [5.74, 6) is -1.91. The SMILES string of the molecule is Cn1nc(CC(=O)OCC(=O)NCC(F)(F)F)c2ccccc2c1=O. The molecule has 2 aromatic rings. The molecule has 0 radical (unpaired) electrons. The quantitative estimate of drug-likeness (QED) is 0.796. The van der Waals surface area contributed by atoms with E-state index in [1.807, 2.05) is 0 Å². The van der Waals surface area contributed by atoms with E-state index in [4.69, 9.17) is 0 Å². The number of esters is 1. The number of ether oxygens (including phenoxy) is 1. The van der Waals surface area contributed by atoms with E-state index in [-0.39, 0.29) is 17.7 Å². The summed E-state index contributed by atoms with van der Waals surface area (Å²) in [7, 11) is 1.42. The molecule has 1 aromatic heterocycles. The van der Waals surface area contributed by atoms with Gasteiger partial charge in [-0.05, 0) is 6.07 Å². The van der Waals surface area contributed by atoms with Gasteiger partial charge in [-0.2, -0.15) is 18.3 Å². The Bertz CT molecular complexity index is 861. The van der Waals surface area contributed by atoms with Crippen molar-refractivity contribution in [1.29, 1.82) is 0 Å². The van der Waals surface area contributed by atoms with Gasteiger partial charge in [0.2, 0.25) is 0 Å². The van der Waals surface area contributed by atoms with Gasteiger partial charge in [-0.3, -0.25) is 14.4 Å². The van der Waals surface area contributed by atoms with Gasteiger partial charge in [-0.25, -0.2) is 4.68 Å². The molecule has 134 valence electrons. The van der Waals surface area contributed by atoms with Crippen molar-refractivity contribution < 1.29 is 27.5 Å². The number of fused-ring (bicyclic) bond motifs is 1. The van der Waals surface area contributed by atoms with E-state index in [1.54, 1.807) is 29.6 Å². The third kappa shape index (κ3) is 5.03. The molecule has 0 saturated heterocycles. The fraction of sp³-hybridized carbons (Fsp3) is 0.333. The Morgan fingerprint density at radius 3 is 2.52 bits per heavy atom. The predicted octanol–water partition coefficient (Wildman–Crippen LogP) is 0.698. The Labute approximate surface area is 139 Å². The number of carbonyl (C=O) groups excluding carboxylic acids is 2. The van der Waals surface area contributed by atoms with Crippen LogP contribution in [0.5, 0.6) is 0 Å². The van der Waals surface area contributed by atoms with E-state index in [0.29, 0.717) is 10.8 Å². The second-order valence-corrected chi connectivity index (χ2v) is 5.15. The van der Waals surface area contributed by atoms with Crippen LogP contribution in [0.15, 0.2) is 29.1 Å². The Kier molecular flexibility index (Phi) is 5.40. The first kappa shape index (κ1) is 18.4. The highest BCUT2D eigenvalue weighted by Gasteiger charge is 2.27. The molecule has 0 fully saturated rings. The van der Waals surface area contributed by atoms with Crippen LogP contribution < -0.4 is 10.9 Å². The number of hydrogen-bond acceptors (Lipinski definition) is 5. The molecule has 25 heavy (non-hydrogen) atoms. The molecule has 0 saturated carbocycles. The van der Waals surface area contributed by atoms with Crippen molar-refractivity contribution in [1.82, 2.24) is 15.1 Å². The van der Waals surface area contributed by atoms with Crippen molar-refractivity contribution in [3.63, 3.8) is 0 Å². The van der Waals surface area contributed by atoms with E-state index in [1.165, 1.54) is 7.05 Å². The fourth-order valence-electron chi connectivity index (χ4n) is 2.09. The minimum Gasteiger partial charge on any atom is -0.455 e. The second kappa shape index (κ2) is 7.32. The number of aromatic nitrogens is 2. The number of rotatable bonds is 5. The first-order valence-corrected chi connectivity index (χ1v) is 7.11. The third-order valence-electron chi connectivity index (χ3n) is 3.20. The summed E-state index contributed by atoms with van der Waals surface area (Å²) >= 11 is 0. The molecule has 2 rings (SSSR count). The van der Waals surface area contributed by atoms with Crippen molar-refractivity contribution in [3.8, 4) is 0 Å². The first-order valence-electron chi connectivity index (χ1n) is 7.11. The molecule has 1 aromatic carbocycles. The molecule has 7 nitrogen and oxygen atoms in total. The average Bonchev–Trinajstić information content (AvgIpc) is 2.55. The topological polar surface area (TPSA) is 90.3 Å². The number of carbonyl (C=O) groups is 2. The smallest absolute Gasteiger partial charge is 0.405 e. The molecular weight excluding hydrogens is 343 g/mol. The molecular formula is C15H14F3N3O4. The first-order chi connectivity index (χ1) is 11.7. The number of nitrogens with zero attached hydrogens (tertiary/aromatic N) is 2. The maximum atomic E-state index is 12.0. The Morgan fingerprint density at radius 1 is 1.24 bits per heavy atom. The molecule has 0 aliphatic heterocycles. The Balaban J connectivity index is 2.02. The van der Waals surface area contributed by atoms with Crippen molar-refractivity contribution >= 4 is 22.6 Å². The molecule has 0 spiro atoms. The van der Waals surface area contributed by atoms with Gasteiger partial charge in [0.05, 0.1) is 17.5 Å². The van der Waals surface area contributed by atoms with E-state index >= 15 is 0 Å². The third-order valence-corrected chi connectivity index (χ3v) is 3.20. The number of nitrogens with one attached hydrogen (secondary N) is 1. The summed E-state index contributed by atoms with van der Waals surface area (Å²) in [6.07, 6.45) is -4.88. The van der Waals surface area contributed by atoms with Crippen LogP contribution in [0.1, 0.15) is 5.69 Å². The highest BCUT2D eigenvalue weighted by atomic mass is 19.4. The molecule has 1 N–H and O–H groups in total. The number of hydrogen-bond donors (Lipinski definition) is 1. The Morgan fingerprint density at radius 2 is 1.88 bits per heavy atom. The average molecular weight is 357 g/mol. The minimum absolute atomic E-state index is 0.262. The van der Waals surface area contributed by atoms with Crippen LogP contribution in [0.4, 0.5) is 13.2 Å². The zero-order valence-electron chi connectivity index (χ0n) is 13.1. The summed E-state index contributed by atoms with van der Waals surface area (Å²) in [5, 5.41) is 6.40. The number of alkyl halides is 3. The maximum Gasteiger partial charge on any atom is 0.405 e. The highest BCUT2D eigenvalue weighted by molar-refractivity contribution is 5.87. The van der Waals surface area contributed by atoms with Crippen LogP contribution in [0.2, 0.25) is 0 Å². The van der Waals surface area contributed by atoms with Crippen LogP contribution >= 0.6 is 0 Å². The molecule has 0 atom stereocenters. The van der Waals surface area contributed by atoms with Gasteiger partial charge >= 0.3 is 12.1 Å². The zero-order valence-corrected chi connectivity index (χ0v) is 13.1. The summed E-state index contributed by atoms with van der Waals surface area (Å²) in [5.41, 5.74) is -0.0716. The van der Waals surface area contributed by atoms with E-state index in [9.17, 15) is 27.6 Å². The lowest BCUT2D eigenvalue weighted by Crippen LogP contribution is -2.36. The standard InChI is InChI=1S/C15H14F3N3O4/c1-21-14(24)10-5-3-2-4-9(10)11(20-21)6-13(23)25-7-12(22)19-8-15(16,17)18/h2-5H,6-8H2,1H3,(H,19,22). The molecule has 0 aliphatic carbocycles. The molecule has 10 heteroatoms. The molecule has 0 aliphatic rings. The van der Waals surface area contributed by atoms with Gasteiger partial charge in [0.25, 0.3) is 11.5 Å². The number of aryl methyl sites for hydroxylation is 1. The fourth-order valence-corrected chi connectivity index (χ4v) is 2.09. The van der Waals surface area contributed by atoms with Crippen LogP contribution in [0, 0.1) is 0 Å². The molecule has 0 bridgehead atoms. The predicted molar refractivity (Wildman–Crippen MR) is 80.7 cm³/mol. The molecule has 1 heterocycles. The summed E-state index contributed by atoms with van der Waals surface area (Å²) in [6, 6.07) is 6.53. The van der Waals surface area contributed by atoms with Gasteiger partial charge in [-0.15, -0.1) is 0 Å². The largest absolute Gasteiger partial charge is 0.455 e. The lowest BCUT2D eigenvalue weighted by molar-refractivity contribution is -0.150. The number of benzene rings is 1. The van der Waals surface area contributed by atoms with Gasteiger partial charge in [0.15, 0.2) is 6.61 Å². The lowest BCUT2D eigenvalue weighted by atomic mass is 10.1. The van der Waals surface area contributed by atoms with Gasteiger partial charge in [-0.1, -0.05) is 18.2 Å². The lowest BCUT2D eigenvalue weighted by Gasteiger charge is -2.10. The normalized spacial score (nSPS) is 11.4. The van der Waals surface area contributed by atoms with Gasteiger partial charge in [0.1, 0.15) is 6.54 Å².